The van der Waals surface area contributed by atoms with E-state index in [1.807, 2.05) is 31.2 Å². The van der Waals surface area contributed by atoms with Crippen molar-refractivity contribution in [2.75, 3.05) is 7.11 Å². The summed E-state index contributed by atoms with van der Waals surface area (Å²) in [6.07, 6.45) is 1.59. The first-order valence-corrected chi connectivity index (χ1v) is 8.16. The molecule has 130 valence electrons. The molecule has 1 atom stereocenters. The predicted octanol–water partition coefficient (Wildman–Crippen LogP) is 3.15. The Labute approximate surface area is 152 Å². The van der Waals surface area contributed by atoms with E-state index in [-0.39, 0.29) is 11.6 Å². The maximum Gasteiger partial charge on any atom is 0.191 e. The van der Waals surface area contributed by atoms with Crippen molar-refractivity contribution in [1.29, 1.82) is 5.26 Å². The normalized spacial score (nSPS) is 16.3. The van der Waals surface area contributed by atoms with Crippen LogP contribution in [0, 0.1) is 18.3 Å². The number of hydrogen-bond donors (Lipinski definition) is 2. The molecule has 5 nitrogen and oxygen atoms in total. The number of ketones is 1. The molecule has 0 spiro atoms. The summed E-state index contributed by atoms with van der Waals surface area (Å²) in [5.74, 6) is 0.293. The molecule has 1 heterocycles. The van der Waals surface area contributed by atoms with E-state index in [0.717, 1.165) is 11.1 Å². The van der Waals surface area contributed by atoms with Crippen molar-refractivity contribution in [2.45, 2.75) is 12.8 Å². The SMILES string of the molecule is COc1ccc(C2C(C(=O)c3ccc(C)cc3)=CNC(N)=C2C#N)cc1. The first-order chi connectivity index (χ1) is 12.5. The second-order valence-corrected chi connectivity index (χ2v) is 6.08. The van der Waals surface area contributed by atoms with E-state index in [1.165, 1.54) is 0 Å². The molecule has 5 heteroatoms. The first kappa shape index (κ1) is 17.3. The van der Waals surface area contributed by atoms with Crippen LogP contribution in [-0.2, 0) is 0 Å². The van der Waals surface area contributed by atoms with Gasteiger partial charge < -0.3 is 15.8 Å². The number of nitrogens with one attached hydrogen (secondary N) is 1. The molecule has 3 rings (SSSR count). The summed E-state index contributed by atoms with van der Waals surface area (Å²) in [6, 6.07) is 16.8. The van der Waals surface area contributed by atoms with Crippen molar-refractivity contribution in [3.63, 3.8) is 0 Å². The third-order valence-corrected chi connectivity index (χ3v) is 4.42. The number of nitrogens with zero attached hydrogens (tertiary/aromatic N) is 1. The number of dihydropyridines is 1. The Kier molecular flexibility index (Phi) is 4.76. The Morgan fingerprint density at radius 2 is 1.81 bits per heavy atom. The van der Waals surface area contributed by atoms with Gasteiger partial charge in [-0.05, 0) is 24.6 Å². The van der Waals surface area contributed by atoms with Gasteiger partial charge in [0.25, 0.3) is 0 Å². The Morgan fingerprint density at radius 1 is 1.15 bits per heavy atom. The number of methoxy groups -OCH3 is 1. The molecule has 1 unspecified atom stereocenters. The fraction of sp³-hybridized carbons (Fsp3) is 0.143. The molecule has 2 aromatic rings. The van der Waals surface area contributed by atoms with Gasteiger partial charge in [-0.25, -0.2) is 0 Å². The lowest BCUT2D eigenvalue weighted by atomic mass is 9.80. The lowest BCUT2D eigenvalue weighted by Gasteiger charge is -2.25. The zero-order chi connectivity index (χ0) is 18.7. The number of aryl methyl sites for hydroxylation is 1. The lowest BCUT2D eigenvalue weighted by Crippen LogP contribution is -2.28. The summed E-state index contributed by atoms with van der Waals surface area (Å²) in [4.78, 5) is 13.1. The summed E-state index contributed by atoms with van der Waals surface area (Å²) in [5, 5.41) is 12.5. The molecule has 0 fully saturated rings. The van der Waals surface area contributed by atoms with Gasteiger partial charge in [0.05, 0.1) is 24.7 Å². The number of hydrogen-bond acceptors (Lipinski definition) is 5. The standard InChI is InChI=1S/C21H19N3O2/c1-13-3-5-15(6-4-13)20(25)18-12-24-21(23)17(11-22)19(18)14-7-9-16(26-2)10-8-14/h3-10,12,19,24H,23H2,1-2H3. The van der Waals surface area contributed by atoms with Gasteiger partial charge in [-0.15, -0.1) is 0 Å². The number of rotatable bonds is 4. The van der Waals surface area contributed by atoms with E-state index in [1.54, 1.807) is 37.6 Å². The van der Waals surface area contributed by atoms with Gasteiger partial charge in [0.2, 0.25) is 0 Å². The molecule has 26 heavy (non-hydrogen) atoms. The highest BCUT2D eigenvalue weighted by Crippen LogP contribution is 2.36. The minimum absolute atomic E-state index is 0.140. The van der Waals surface area contributed by atoms with E-state index in [2.05, 4.69) is 11.4 Å². The molecule has 0 saturated carbocycles. The quantitative estimate of drug-likeness (QED) is 0.831. The predicted molar refractivity (Wildman–Crippen MR) is 99.3 cm³/mol. The highest BCUT2D eigenvalue weighted by molar-refractivity contribution is 6.10. The first-order valence-electron chi connectivity index (χ1n) is 8.16. The number of ether oxygens (including phenoxy) is 1. The number of Topliss-reactive ketones (excluding diaryl/α,β-unsaturated/α-hetero) is 1. The monoisotopic (exact) mass is 345 g/mol. The van der Waals surface area contributed by atoms with Gasteiger partial charge in [-0.3, -0.25) is 4.79 Å². The molecule has 0 aromatic heterocycles. The number of benzene rings is 2. The van der Waals surface area contributed by atoms with E-state index in [0.29, 0.717) is 22.5 Å². The topological polar surface area (TPSA) is 88.1 Å². The zero-order valence-electron chi connectivity index (χ0n) is 14.6. The largest absolute Gasteiger partial charge is 0.497 e. The van der Waals surface area contributed by atoms with E-state index in [4.69, 9.17) is 10.5 Å². The van der Waals surface area contributed by atoms with Crippen molar-refractivity contribution in [3.05, 3.63) is 88.4 Å². The number of carbonyl (C=O) groups is 1. The summed E-state index contributed by atoms with van der Waals surface area (Å²) in [5.41, 5.74) is 9.21. The maximum atomic E-state index is 13.1. The van der Waals surface area contributed by atoms with Crippen LogP contribution in [0.5, 0.6) is 5.75 Å². The second-order valence-electron chi connectivity index (χ2n) is 6.08. The van der Waals surface area contributed by atoms with Crippen molar-refractivity contribution >= 4 is 5.78 Å². The third-order valence-electron chi connectivity index (χ3n) is 4.42. The van der Waals surface area contributed by atoms with E-state index < -0.39 is 5.92 Å². The molecule has 0 amide bonds. The van der Waals surface area contributed by atoms with Gasteiger partial charge in [-0.2, -0.15) is 5.26 Å². The maximum absolute atomic E-state index is 13.1. The summed E-state index contributed by atoms with van der Waals surface area (Å²) >= 11 is 0. The number of carbonyl (C=O) groups excluding carboxylic acids is 1. The Balaban J connectivity index is 2.06. The third kappa shape index (κ3) is 3.17. The summed E-state index contributed by atoms with van der Waals surface area (Å²) in [7, 11) is 1.59. The van der Waals surface area contributed by atoms with Gasteiger partial charge in [0, 0.05) is 17.3 Å². The van der Waals surface area contributed by atoms with Crippen LogP contribution in [-0.4, -0.2) is 12.9 Å². The molecule has 2 aromatic carbocycles. The van der Waals surface area contributed by atoms with Crippen molar-refractivity contribution < 1.29 is 9.53 Å². The van der Waals surface area contributed by atoms with Crippen LogP contribution in [0.25, 0.3) is 0 Å². The second kappa shape index (κ2) is 7.16. The van der Waals surface area contributed by atoms with Crippen molar-refractivity contribution in [2.24, 2.45) is 5.73 Å². The lowest BCUT2D eigenvalue weighted by molar-refractivity contribution is 0.102. The molecule has 1 aliphatic rings. The smallest absolute Gasteiger partial charge is 0.191 e. The number of nitriles is 1. The molecule has 0 bridgehead atoms. The van der Waals surface area contributed by atoms with Crippen molar-refractivity contribution in [1.82, 2.24) is 5.32 Å². The van der Waals surface area contributed by atoms with Crippen LogP contribution in [0.3, 0.4) is 0 Å². The van der Waals surface area contributed by atoms with Gasteiger partial charge >= 0.3 is 0 Å². The van der Waals surface area contributed by atoms with Gasteiger partial charge in [0.15, 0.2) is 5.78 Å². The molecular weight excluding hydrogens is 326 g/mol. The average Bonchev–Trinajstić information content (AvgIpc) is 2.68. The molecule has 0 aliphatic carbocycles. The number of allylic oxidation sites excluding steroid dienone is 2. The van der Waals surface area contributed by atoms with E-state index in [9.17, 15) is 10.1 Å². The highest BCUT2D eigenvalue weighted by atomic mass is 16.5. The molecular formula is C21H19N3O2. The van der Waals surface area contributed by atoms with Gasteiger partial charge in [-0.1, -0.05) is 42.0 Å². The summed E-state index contributed by atoms with van der Waals surface area (Å²) < 4.78 is 5.19. The van der Waals surface area contributed by atoms with Crippen LogP contribution in [0.15, 0.2) is 71.7 Å². The van der Waals surface area contributed by atoms with Crippen LogP contribution in [0.1, 0.15) is 27.4 Å². The van der Waals surface area contributed by atoms with Crippen LogP contribution < -0.4 is 15.8 Å². The molecule has 3 N–H and O–H groups in total. The average molecular weight is 345 g/mol. The van der Waals surface area contributed by atoms with Crippen LogP contribution in [0.2, 0.25) is 0 Å². The fourth-order valence-corrected chi connectivity index (χ4v) is 2.96. The van der Waals surface area contributed by atoms with Crippen LogP contribution in [0.4, 0.5) is 0 Å². The highest BCUT2D eigenvalue weighted by Gasteiger charge is 2.31. The fourth-order valence-electron chi connectivity index (χ4n) is 2.96. The van der Waals surface area contributed by atoms with E-state index >= 15 is 0 Å². The zero-order valence-corrected chi connectivity index (χ0v) is 14.6. The Morgan fingerprint density at radius 3 is 2.38 bits per heavy atom. The minimum Gasteiger partial charge on any atom is -0.497 e. The molecule has 0 radical (unpaired) electrons. The van der Waals surface area contributed by atoms with Crippen molar-refractivity contribution in [3.8, 4) is 11.8 Å². The minimum atomic E-state index is -0.527. The molecule has 0 saturated heterocycles. The molecule has 1 aliphatic heterocycles. The van der Waals surface area contributed by atoms with Gasteiger partial charge in [0.1, 0.15) is 11.6 Å². The van der Waals surface area contributed by atoms with Crippen LogP contribution >= 0.6 is 0 Å². The Bertz CT molecular complexity index is 933. The summed E-state index contributed by atoms with van der Waals surface area (Å²) in [6.45, 7) is 1.97. The Hall–Kier alpha value is -3.52. The number of nitrogens with two attached hydrogens (primary N) is 1.